The molecule has 0 spiro atoms. The number of fused-ring (bicyclic) bond motifs is 7. The molecule has 4 aromatic rings. The van der Waals surface area contributed by atoms with E-state index in [2.05, 4.69) is 106 Å². The normalized spacial score (nSPS) is 22.3. The van der Waals surface area contributed by atoms with Crippen LogP contribution in [-0.4, -0.2) is 21.6 Å². The highest BCUT2D eigenvalue weighted by Crippen LogP contribution is 2.53. The fourth-order valence-corrected chi connectivity index (χ4v) is 7.48. The number of rotatable bonds is 3. The van der Waals surface area contributed by atoms with E-state index < -0.39 is 0 Å². The maximum absolute atomic E-state index is 9.72. The van der Waals surface area contributed by atoms with Crippen LogP contribution < -0.4 is 4.90 Å². The van der Waals surface area contributed by atoms with Crippen LogP contribution in [-0.2, 0) is 6.42 Å². The van der Waals surface area contributed by atoms with Gasteiger partial charge in [-0.1, -0.05) is 66.8 Å². The molecule has 4 aliphatic rings. The van der Waals surface area contributed by atoms with Crippen molar-refractivity contribution in [2.45, 2.75) is 50.1 Å². The number of aromatic nitrogens is 2. The van der Waals surface area contributed by atoms with Crippen LogP contribution in [0.3, 0.4) is 0 Å². The Labute approximate surface area is 234 Å². The third-order valence-electron chi connectivity index (χ3n) is 9.15. The Hall–Kier alpha value is -4.62. The molecule has 1 aliphatic heterocycles. The number of hydrogen-bond donors (Lipinski definition) is 0. The molecule has 194 valence electrons. The van der Waals surface area contributed by atoms with Crippen molar-refractivity contribution in [3.8, 4) is 22.9 Å². The van der Waals surface area contributed by atoms with Crippen LogP contribution in [0.25, 0.3) is 33.8 Å². The van der Waals surface area contributed by atoms with Gasteiger partial charge in [-0.3, -0.25) is 4.98 Å². The molecular formula is C36H30N4. The molecule has 3 unspecified atom stereocenters. The number of pyridine rings is 1. The molecule has 0 saturated carbocycles. The molecule has 0 saturated heterocycles. The first-order chi connectivity index (χ1) is 19.8. The lowest BCUT2D eigenvalue weighted by Gasteiger charge is -2.36. The van der Waals surface area contributed by atoms with E-state index >= 15 is 0 Å². The molecule has 4 nitrogen and oxygen atoms in total. The minimum Gasteiger partial charge on any atom is -0.357 e. The van der Waals surface area contributed by atoms with E-state index in [4.69, 9.17) is 0 Å². The van der Waals surface area contributed by atoms with Crippen LogP contribution in [0.4, 0.5) is 5.69 Å². The topological polar surface area (TPSA) is 44.9 Å². The molecule has 8 rings (SSSR count). The summed E-state index contributed by atoms with van der Waals surface area (Å²) < 4.78 is 2.48. The lowest BCUT2D eigenvalue weighted by molar-refractivity contribution is 0.523. The highest BCUT2D eigenvalue weighted by Gasteiger charge is 2.42. The Balaban J connectivity index is 1.38. The van der Waals surface area contributed by atoms with Crippen LogP contribution in [0, 0.1) is 11.3 Å². The first-order valence-corrected chi connectivity index (χ1v) is 14.4. The van der Waals surface area contributed by atoms with Crippen molar-refractivity contribution in [2.75, 3.05) is 4.90 Å². The molecule has 0 N–H and O–H groups in total. The number of nitriles is 1. The molecule has 0 bridgehead atoms. The second-order valence-corrected chi connectivity index (χ2v) is 11.2. The second-order valence-electron chi connectivity index (χ2n) is 11.2. The summed E-state index contributed by atoms with van der Waals surface area (Å²) in [5.41, 5.74) is 10.7. The van der Waals surface area contributed by atoms with Crippen molar-refractivity contribution in [3.05, 3.63) is 120 Å². The molecule has 3 heterocycles. The van der Waals surface area contributed by atoms with E-state index in [0.717, 1.165) is 42.5 Å². The van der Waals surface area contributed by atoms with Gasteiger partial charge in [0.05, 0.1) is 28.9 Å². The Morgan fingerprint density at radius 3 is 2.85 bits per heavy atom. The zero-order valence-electron chi connectivity index (χ0n) is 22.4. The molecule has 0 amide bonds. The molecule has 0 fully saturated rings. The SMILES string of the molecule is N#Cc1cnccc1-c1cccc(-n2c3c(c4c5c(ccc42)C2CCC=CC2N5C2C=CC=CC2)C=CCC3)c1. The predicted octanol–water partition coefficient (Wildman–Crippen LogP) is 8.03. The Kier molecular flexibility index (Phi) is 5.38. The van der Waals surface area contributed by atoms with Gasteiger partial charge in [-0.15, -0.1) is 0 Å². The van der Waals surface area contributed by atoms with Gasteiger partial charge in [0.2, 0.25) is 0 Å². The average Bonchev–Trinajstić information content (AvgIpc) is 3.54. The van der Waals surface area contributed by atoms with Gasteiger partial charge in [0.1, 0.15) is 6.07 Å². The summed E-state index contributed by atoms with van der Waals surface area (Å²) >= 11 is 0. The monoisotopic (exact) mass is 518 g/mol. The van der Waals surface area contributed by atoms with E-state index in [1.165, 1.54) is 39.8 Å². The number of hydrogen-bond acceptors (Lipinski definition) is 3. The zero-order valence-corrected chi connectivity index (χ0v) is 22.4. The van der Waals surface area contributed by atoms with Gasteiger partial charge in [0.15, 0.2) is 0 Å². The molecule has 0 radical (unpaired) electrons. The van der Waals surface area contributed by atoms with Gasteiger partial charge in [0, 0.05) is 46.2 Å². The number of nitrogens with zero attached hydrogens (tertiary/aromatic N) is 4. The number of anilines is 1. The van der Waals surface area contributed by atoms with Gasteiger partial charge in [-0.2, -0.15) is 5.26 Å². The van der Waals surface area contributed by atoms with Gasteiger partial charge < -0.3 is 9.47 Å². The number of benzene rings is 2. The smallest absolute Gasteiger partial charge is 0.101 e. The fraction of sp³-hybridized carbons (Fsp3) is 0.222. The van der Waals surface area contributed by atoms with Gasteiger partial charge >= 0.3 is 0 Å². The number of allylic oxidation sites excluding steroid dienone is 4. The summed E-state index contributed by atoms with van der Waals surface area (Å²) in [7, 11) is 0. The van der Waals surface area contributed by atoms with Crippen LogP contribution in [0.5, 0.6) is 0 Å². The maximum atomic E-state index is 9.72. The summed E-state index contributed by atoms with van der Waals surface area (Å²) in [5.74, 6) is 0.537. The summed E-state index contributed by atoms with van der Waals surface area (Å²) in [5, 5.41) is 11.1. The third-order valence-corrected chi connectivity index (χ3v) is 9.15. The second kappa shape index (κ2) is 9.24. The van der Waals surface area contributed by atoms with Crippen LogP contribution in [0.1, 0.15) is 54.0 Å². The summed E-state index contributed by atoms with van der Waals surface area (Å²) in [6.07, 6.45) is 27.5. The van der Waals surface area contributed by atoms with Crippen molar-refractivity contribution in [3.63, 3.8) is 0 Å². The molecule has 3 aliphatic carbocycles. The Bertz CT molecular complexity index is 1830. The highest BCUT2D eigenvalue weighted by molar-refractivity contribution is 6.05. The van der Waals surface area contributed by atoms with Crippen LogP contribution in [0.2, 0.25) is 0 Å². The van der Waals surface area contributed by atoms with Crippen molar-refractivity contribution >= 4 is 22.7 Å². The lowest BCUT2D eigenvalue weighted by atomic mass is 9.86. The Morgan fingerprint density at radius 2 is 1.95 bits per heavy atom. The first-order valence-electron chi connectivity index (χ1n) is 14.4. The van der Waals surface area contributed by atoms with Gasteiger partial charge in [-0.25, -0.2) is 0 Å². The quantitative estimate of drug-likeness (QED) is 0.258. The van der Waals surface area contributed by atoms with Crippen LogP contribution in [0.15, 0.2) is 97.4 Å². The predicted molar refractivity (Wildman–Crippen MR) is 163 cm³/mol. The lowest BCUT2D eigenvalue weighted by Crippen LogP contribution is -2.41. The minimum atomic E-state index is 0.359. The van der Waals surface area contributed by atoms with E-state index in [1.807, 2.05) is 6.07 Å². The summed E-state index contributed by atoms with van der Waals surface area (Å²) in [4.78, 5) is 6.90. The molecule has 4 heteroatoms. The van der Waals surface area contributed by atoms with E-state index in [0.29, 0.717) is 23.6 Å². The molecular weight excluding hydrogens is 488 g/mol. The molecule has 3 atom stereocenters. The Morgan fingerprint density at radius 1 is 0.975 bits per heavy atom. The van der Waals surface area contributed by atoms with E-state index in [-0.39, 0.29) is 0 Å². The van der Waals surface area contributed by atoms with Gasteiger partial charge in [-0.05, 0) is 67.5 Å². The standard InChI is InChI=1S/C36H30N4/c37-22-25-23-38-20-19-28(25)24-9-8-12-27(21-24)39-33-16-7-5-14-31(33)35-34(39)18-17-30-29-13-4-6-15-32(29)40(36(30)35)26-10-2-1-3-11-26/h1-3,5-6,8-10,12,14-15,17-21,23,26,29,32H,4,7,11,13,16H2. The van der Waals surface area contributed by atoms with Gasteiger partial charge in [0.25, 0.3) is 0 Å². The minimum absolute atomic E-state index is 0.359. The van der Waals surface area contributed by atoms with E-state index in [1.54, 1.807) is 12.4 Å². The largest absolute Gasteiger partial charge is 0.357 e. The maximum Gasteiger partial charge on any atom is 0.101 e. The van der Waals surface area contributed by atoms with Crippen molar-refractivity contribution < 1.29 is 0 Å². The van der Waals surface area contributed by atoms with Crippen molar-refractivity contribution in [1.82, 2.24) is 9.55 Å². The third kappa shape index (κ3) is 3.41. The van der Waals surface area contributed by atoms with E-state index in [9.17, 15) is 5.26 Å². The molecule has 40 heavy (non-hydrogen) atoms. The molecule has 2 aromatic heterocycles. The summed E-state index contributed by atoms with van der Waals surface area (Å²) in [6.45, 7) is 0. The summed E-state index contributed by atoms with van der Waals surface area (Å²) in [6, 6.07) is 18.5. The van der Waals surface area contributed by atoms with Crippen molar-refractivity contribution in [1.29, 1.82) is 5.26 Å². The first kappa shape index (κ1) is 23.3. The van der Waals surface area contributed by atoms with Crippen LogP contribution >= 0.6 is 0 Å². The highest BCUT2D eigenvalue weighted by atomic mass is 15.2. The zero-order chi connectivity index (χ0) is 26.6. The fourth-order valence-electron chi connectivity index (χ4n) is 7.48. The average molecular weight is 519 g/mol. The van der Waals surface area contributed by atoms with Crippen molar-refractivity contribution in [2.24, 2.45) is 0 Å². The molecule has 2 aromatic carbocycles.